The molecule has 1 aromatic rings. The second-order valence-corrected chi connectivity index (χ2v) is 7.12. The number of nitrogens with one attached hydrogen (secondary N) is 1. The van der Waals surface area contributed by atoms with Crippen molar-refractivity contribution in [2.45, 2.75) is 23.8 Å². The Morgan fingerprint density at radius 2 is 2.35 bits per heavy atom. The molecular weight excluding hydrogens is 302 g/mol. The lowest BCUT2D eigenvalue weighted by molar-refractivity contribution is 0.0979. The van der Waals surface area contributed by atoms with Crippen LogP contribution in [0.15, 0.2) is 17.2 Å². The maximum atomic E-state index is 12.4. The summed E-state index contributed by atoms with van der Waals surface area (Å²) in [5.74, 6) is 0.451. The topological polar surface area (TPSA) is 71.5 Å². The number of likely N-dealkylation sites (N-methyl/N-ethyl adjacent to an activating group) is 1. The Kier molecular flexibility index (Phi) is 4.85. The van der Waals surface area contributed by atoms with Crippen molar-refractivity contribution >= 4 is 27.4 Å². The molecule has 0 bridgehead atoms. The first-order chi connectivity index (χ1) is 9.45. The first kappa shape index (κ1) is 15.5. The van der Waals surface area contributed by atoms with Crippen LogP contribution in [0, 0.1) is 0 Å². The van der Waals surface area contributed by atoms with Gasteiger partial charge in [-0.05, 0) is 18.9 Å². The van der Waals surface area contributed by atoms with Crippen molar-refractivity contribution < 1.29 is 13.2 Å². The Morgan fingerprint density at radius 3 is 2.90 bits per heavy atom. The van der Waals surface area contributed by atoms with E-state index in [1.165, 1.54) is 23.6 Å². The van der Waals surface area contributed by atoms with E-state index < -0.39 is 10.0 Å². The maximum Gasteiger partial charge on any atom is 0.244 e. The van der Waals surface area contributed by atoms with Crippen LogP contribution in [0.5, 0.6) is 0 Å². The number of anilines is 1. The summed E-state index contributed by atoms with van der Waals surface area (Å²) in [5, 5.41) is 3.07. The Hall–Kier alpha value is -0.890. The first-order valence-corrected chi connectivity index (χ1v) is 8.18. The van der Waals surface area contributed by atoms with Gasteiger partial charge in [-0.15, -0.1) is 0 Å². The second kappa shape index (κ2) is 6.26. The zero-order valence-electron chi connectivity index (χ0n) is 11.5. The standard InChI is InChI=1S/C12H18ClN3O3S/c1-14-12-11(13)6-10(7-15-12)20(17,18)16(2)8-9-4-3-5-19-9/h6-7,9H,3-5,8H2,1-2H3,(H,14,15). The number of pyridine rings is 1. The summed E-state index contributed by atoms with van der Waals surface area (Å²) in [5.41, 5.74) is 0. The van der Waals surface area contributed by atoms with Gasteiger partial charge in [0.1, 0.15) is 10.7 Å². The van der Waals surface area contributed by atoms with Gasteiger partial charge >= 0.3 is 0 Å². The number of hydrogen-bond donors (Lipinski definition) is 1. The Bertz CT molecular complexity index is 573. The van der Waals surface area contributed by atoms with Crippen molar-refractivity contribution in [1.82, 2.24) is 9.29 Å². The minimum Gasteiger partial charge on any atom is -0.377 e. The molecule has 0 radical (unpaired) electrons. The molecule has 0 amide bonds. The average molecular weight is 320 g/mol. The first-order valence-electron chi connectivity index (χ1n) is 6.36. The quantitative estimate of drug-likeness (QED) is 0.892. The van der Waals surface area contributed by atoms with Gasteiger partial charge in [-0.3, -0.25) is 0 Å². The third-order valence-corrected chi connectivity index (χ3v) is 5.32. The molecule has 6 nitrogen and oxygen atoms in total. The lowest BCUT2D eigenvalue weighted by Gasteiger charge is -2.20. The highest BCUT2D eigenvalue weighted by Gasteiger charge is 2.26. The lowest BCUT2D eigenvalue weighted by Crippen LogP contribution is -2.34. The number of nitrogens with zero attached hydrogens (tertiary/aromatic N) is 2. The molecule has 112 valence electrons. The van der Waals surface area contributed by atoms with Crippen molar-refractivity contribution in [3.05, 3.63) is 17.3 Å². The van der Waals surface area contributed by atoms with Crippen molar-refractivity contribution in [1.29, 1.82) is 0 Å². The van der Waals surface area contributed by atoms with Crippen molar-refractivity contribution in [3.8, 4) is 0 Å². The van der Waals surface area contributed by atoms with Gasteiger partial charge in [-0.25, -0.2) is 13.4 Å². The molecule has 8 heteroatoms. The fourth-order valence-electron chi connectivity index (χ4n) is 2.10. The Morgan fingerprint density at radius 1 is 1.60 bits per heavy atom. The molecule has 1 N–H and O–H groups in total. The fraction of sp³-hybridized carbons (Fsp3) is 0.583. The van der Waals surface area contributed by atoms with E-state index in [0.717, 1.165) is 12.8 Å². The van der Waals surface area contributed by atoms with Crippen molar-refractivity contribution in [2.24, 2.45) is 0 Å². The van der Waals surface area contributed by atoms with Gasteiger partial charge in [-0.1, -0.05) is 11.6 Å². The van der Waals surface area contributed by atoms with E-state index >= 15 is 0 Å². The third kappa shape index (κ3) is 3.22. The van der Waals surface area contributed by atoms with Crippen LogP contribution in [-0.4, -0.2) is 51.1 Å². The number of hydrogen-bond acceptors (Lipinski definition) is 5. The lowest BCUT2D eigenvalue weighted by atomic mass is 10.2. The van der Waals surface area contributed by atoms with Crippen LogP contribution < -0.4 is 5.32 Å². The van der Waals surface area contributed by atoms with Crippen molar-refractivity contribution in [2.75, 3.05) is 32.6 Å². The minimum atomic E-state index is -3.60. The van der Waals surface area contributed by atoms with Crippen LogP contribution in [0.3, 0.4) is 0 Å². The fourth-order valence-corrected chi connectivity index (χ4v) is 3.60. The van der Waals surface area contributed by atoms with Crippen LogP contribution in [0.2, 0.25) is 5.02 Å². The molecular formula is C12H18ClN3O3S. The molecule has 1 aliphatic rings. The monoisotopic (exact) mass is 319 g/mol. The molecule has 1 unspecified atom stereocenters. The molecule has 1 saturated heterocycles. The highest BCUT2D eigenvalue weighted by atomic mass is 35.5. The molecule has 1 aliphatic heterocycles. The summed E-state index contributed by atoms with van der Waals surface area (Å²) in [6, 6.07) is 1.40. The van der Waals surface area contributed by atoms with E-state index in [-0.39, 0.29) is 16.0 Å². The molecule has 0 aromatic carbocycles. The zero-order valence-corrected chi connectivity index (χ0v) is 13.0. The van der Waals surface area contributed by atoms with E-state index in [9.17, 15) is 8.42 Å². The van der Waals surface area contributed by atoms with Gasteiger partial charge in [0.25, 0.3) is 0 Å². The summed E-state index contributed by atoms with van der Waals surface area (Å²) >= 11 is 5.98. The summed E-state index contributed by atoms with van der Waals surface area (Å²) < 4.78 is 31.6. The summed E-state index contributed by atoms with van der Waals surface area (Å²) in [6.45, 7) is 1.04. The summed E-state index contributed by atoms with van der Waals surface area (Å²) in [7, 11) is -0.384. The normalized spacial score (nSPS) is 19.5. The van der Waals surface area contributed by atoms with Gasteiger partial charge in [0.05, 0.1) is 11.1 Å². The molecule has 0 aliphatic carbocycles. The largest absolute Gasteiger partial charge is 0.377 e. The maximum absolute atomic E-state index is 12.4. The molecule has 0 spiro atoms. The van der Waals surface area contributed by atoms with Crippen LogP contribution in [0.25, 0.3) is 0 Å². The molecule has 0 saturated carbocycles. The molecule has 20 heavy (non-hydrogen) atoms. The van der Waals surface area contributed by atoms with Crippen LogP contribution in [0.4, 0.5) is 5.82 Å². The van der Waals surface area contributed by atoms with E-state index in [0.29, 0.717) is 19.0 Å². The highest BCUT2D eigenvalue weighted by Crippen LogP contribution is 2.24. The van der Waals surface area contributed by atoms with E-state index in [1.54, 1.807) is 7.05 Å². The second-order valence-electron chi connectivity index (χ2n) is 4.67. The van der Waals surface area contributed by atoms with Crippen LogP contribution >= 0.6 is 11.6 Å². The smallest absolute Gasteiger partial charge is 0.244 e. The SMILES string of the molecule is CNc1ncc(S(=O)(=O)N(C)CC2CCCO2)cc1Cl. The molecule has 2 heterocycles. The molecule has 1 atom stereocenters. The highest BCUT2D eigenvalue weighted by molar-refractivity contribution is 7.89. The summed E-state index contributed by atoms with van der Waals surface area (Å²) in [4.78, 5) is 4.08. The molecule has 1 fully saturated rings. The number of ether oxygens (including phenoxy) is 1. The van der Waals surface area contributed by atoms with Crippen LogP contribution in [0.1, 0.15) is 12.8 Å². The summed E-state index contributed by atoms with van der Waals surface area (Å²) in [6.07, 6.45) is 3.13. The number of sulfonamides is 1. The number of rotatable bonds is 5. The minimum absolute atomic E-state index is 0.0326. The van der Waals surface area contributed by atoms with E-state index in [4.69, 9.17) is 16.3 Å². The van der Waals surface area contributed by atoms with Gasteiger partial charge in [0, 0.05) is 33.4 Å². The van der Waals surface area contributed by atoms with Gasteiger partial charge in [0.15, 0.2) is 0 Å². The zero-order chi connectivity index (χ0) is 14.8. The molecule has 2 rings (SSSR count). The third-order valence-electron chi connectivity index (χ3n) is 3.25. The predicted molar refractivity (Wildman–Crippen MR) is 77.6 cm³/mol. The average Bonchev–Trinajstić information content (AvgIpc) is 2.91. The van der Waals surface area contributed by atoms with Crippen molar-refractivity contribution in [3.63, 3.8) is 0 Å². The van der Waals surface area contributed by atoms with E-state index in [2.05, 4.69) is 10.3 Å². The number of halogens is 1. The van der Waals surface area contributed by atoms with Gasteiger partial charge in [-0.2, -0.15) is 4.31 Å². The van der Waals surface area contributed by atoms with E-state index in [1.807, 2.05) is 0 Å². The van der Waals surface area contributed by atoms with Gasteiger partial charge in [0.2, 0.25) is 10.0 Å². The Balaban J connectivity index is 2.18. The molecule has 1 aromatic heterocycles. The van der Waals surface area contributed by atoms with Gasteiger partial charge < -0.3 is 10.1 Å². The van der Waals surface area contributed by atoms with Crippen LogP contribution in [-0.2, 0) is 14.8 Å². The number of aromatic nitrogens is 1. The Labute approximate surface area is 124 Å². The predicted octanol–water partition coefficient (Wildman–Crippen LogP) is 1.58.